The Morgan fingerprint density at radius 3 is 1.92 bits per heavy atom. The Balaban J connectivity index is 2.26. The number of hydrogen-bond acceptors (Lipinski definition) is 8. The Hall–Kier alpha value is -3.16. The third-order valence-corrected chi connectivity index (χ3v) is 6.22. The molecule has 0 aromatic carbocycles. The van der Waals surface area contributed by atoms with Crippen LogP contribution in [0, 0.1) is 0 Å². The van der Waals surface area contributed by atoms with E-state index in [9.17, 15) is 33.6 Å². The molecule has 0 fully saturated rings. The van der Waals surface area contributed by atoms with Crippen LogP contribution in [0.15, 0.2) is 12.2 Å². The lowest BCUT2D eigenvalue weighted by Gasteiger charge is -2.20. The second-order valence-corrected chi connectivity index (χ2v) is 9.64. The van der Waals surface area contributed by atoms with Crippen LogP contribution in [0.3, 0.4) is 0 Å². The molecule has 37 heavy (non-hydrogen) atoms. The van der Waals surface area contributed by atoms with E-state index in [1.165, 1.54) is 32.5 Å². The summed E-state index contributed by atoms with van der Waals surface area (Å²) in [6.07, 6.45) is 4.94. The van der Waals surface area contributed by atoms with E-state index in [0.29, 0.717) is 12.3 Å². The first-order valence-electron chi connectivity index (χ1n) is 12.0. The molecule has 0 saturated carbocycles. The smallest absolute Gasteiger partial charge is 0.253 e. The number of imide groups is 1. The first-order valence-corrected chi connectivity index (χ1v) is 13.1. The Kier molecular flexibility index (Phi) is 14.3. The van der Waals surface area contributed by atoms with Gasteiger partial charge in [-0.3, -0.25) is 33.7 Å². The summed E-state index contributed by atoms with van der Waals surface area (Å²) in [5.74, 6) is -1.93. The van der Waals surface area contributed by atoms with Gasteiger partial charge in [0.1, 0.15) is 18.1 Å². The summed E-state index contributed by atoms with van der Waals surface area (Å²) in [5, 5.41) is 10.1. The van der Waals surface area contributed by atoms with Gasteiger partial charge in [0, 0.05) is 25.1 Å². The first-order chi connectivity index (χ1) is 17.4. The number of nitrogens with zero attached hydrogens (tertiary/aromatic N) is 1. The molecule has 3 atom stereocenters. The molecule has 0 saturated heterocycles. The van der Waals surface area contributed by atoms with Gasteiger partial charge in [-0.2, -0.15) is 0 Å². The van der Waals surface area contributed by atoms with Crippen molar-refractivity contribution in [1.29, 1.82) is 0 Å². The molecule has 2 radical (unpaired) electrons. The van der Waals surface area contributed by atoms with Gasteiger partial charge in [-0.05, 0) is 45.8 Å². The largest absolute Gasteiger partial charge is 0.345 e. The lowest BCUT2D eigenvalue weighted by Crippen LogP contribution is -2.54. The Labute approximate surface area is 221 Å². The first kappa shape index (κ1) is 31.9. The van der Waals surface area contributed by atoms with Gasteiger partial charge in [0.2, 0.25) is 23.6 Å². The molecule has 0 bridgehead atoms. The lowest BCUT2D eigenvalue weighted by atomic mass is 9.97. The van der Waals surface area contributed by atoms with Crippen LogP contribution in [0.1, 0.15) is 52.9 Å². The zero-order valence-electron chi connectivity index (χ0n) is 21.3. The minimum absolute atomic E-state index is 0.112. The predicted molar refractivity (Wildman–Crippen MR) is 138 cm³/mol. The van der Waals surface area contributed by atoms with Crippen molar-refractivity contribution in [3.8, 4) is 0 Å². The zero-order valence-corrected chi connectivity index (χ0v) is 22.2. The summed E-state index contributed by atoms with van der Waals surface area (Å²) >= 11 is 1.52. The molecule has 0 aromatic heterocycles. The fraction of sp³-hybridized carbons (Fsp3) is 0.609. The number of hydrogen-bond donors (Lipinski definition) is 4. The van der Waals surface area contributed by atoms with Crippen molar-refractivity contribution in [1.82, 2.24) is 26.2 Å². The van der Waals surface area contributed by atoms with Crippen LogP contribution in [-0.2, 0) is 33.6 Å². The zero-order chi connectivity index (χ0) is 28.0. The van der Waals surface area contributed by atoms with Crippen molar-refractivity contribution in [3.05, 3.63) is 12.2 Å². The molecule has 1 heterocycles. The van der Waals surface area contributed by atoms with E-state index >= 15 is 0 Å². The van der Waals surface area contributed by atoms with Crippen LogP contribution in [0.4, 0.5) is 0 Å². The Bertz CT molecular complexity index is 896. The summed E-state index contributed by atoms with van der Waals surface area (Å²) in [6, 6.07) is -2.77. The molecule has 1 aliphatic rings. The fourth-order valence-electron chi connectivity index (χ4n) is 3.08. The van der Waals surface area contributed by atoms with Crippen LogP contribution in [-0.4, -0.2) is 90.2 Å². The normalized spacial score (nSPS) is 15.1. The number of rotatable bonds is 17. The number of nitrogens with one attached hydrogen (secondary N) is 4. The Morgan fingerprint density at radius 2 is 1.35 bits per heavy atom. The molecule has 4 N–H and O–H groups in total. The summed E-state index contributed by atoms with van der Waals surface area (Å²) in [5.41, 5.74) is -0.313. The molecule has 6 amide bonds. The van der Waals surface area contributed by atoms with Crippen molar-refractivity contribution in [2.24, 2.45) is 0 Å². The van der Waals surface area contributed by atoms with E-state index in [1.807, 2.05) is 0 Å². The highest BCUT2D eigenvalue weighted by Gasteiger charge is 2.26. The van der Waals surface area contributed by atoms with Gasteiger partial charge in [0.25, 0.3) is 11.8 Å². The minimum atomic E-state index is -0.973. The summed E-state index contributed by atoms with van der Waals surface area (Å²) in [6.45, 7) is 4.28. The monoisotopic (exact) mass is 535 g/mol. The molecule has 0 aliphatic carbocycles. The number of carbonyl (C=O) groups is 7. The van der Waals surface area contributed by atoms with Gasteiger partial charge in [-0.15, -0.1) is 11.8 Å². The number of thioether (sulfide) groups is 1. The Morgan fingerprint density at radius 1 is 0.811 bits per heavy atom. The van der Waals surface area contributed by atoms with Crippen LogP contribution < -0.4 is 21.3 Å². The molecule has 1 rings (SSSR count). The van der Waals surface area contributed by atoms with Gasteiger partial charge in [-0.25, -0.2) is 0 Å². The summed E-state index contributed by atoms with van der Waals surface area (Å²) < 4.78 is 0. The van der Waals surface area contributed by atoms with E-state index in [0.717, 1.165) is 42.1 Å². The quantitative estimate of drug-likeness (QED) is 0.0785. The average Bonchev–Trinajstić information content (AvgIpc) is 3.15. The number of carbonyl (C=O) groups excluding carboxylic acids is 7. The molecule has 1 aliphatic heterocycles. The van der Waals surface area contributed by atoms with E-state index in [2.05, 4.69) is 21.3 Å². The molecule has 12 nitrogen and oxygen atoms in total. The van der Waals surface area contributed by atoms with Crippen molar-refractivity contribution in [2.45, 2.75) is 71.0 Å². The average molecular weight is 535 g/mol. The van der Waals surface area contributed by atoms with Crippen molar-refractivity contribution in [2.75, 3.05) is 18.2 Å². The van der Waals surface area contributed by atoms with Crippen LogP contribution in [0.5, 0.6) is 0 Å². The second-order valence-electron chi connectivity index (χ2n) is 8.53. The van der Waals surface area contributed by atoms with Gasteiger partial charge in [0.05, 0.1) is 11.6 Å². The molecule has 14 heteroatoms. The SMILES string of the molecule is [B]C(=O)CCCCCSCNC(=O)[C@H](C)NC(=O)[C@@H](C)NC(=O)[C@H](C)NC(=O)CCN1C(=O)C=CC1=O. The van der Waals surface area contributed by atoms with E-state index in [1.54, 1.807) is 0 Å². The molecule has 0 aromatic rings. The van der Waals surface area contributed by atoms with Gasteiger partial charge in [-0.1, -0.05) is 6.42 Å². The molecule has 0 unspecified atom stereocenters. The predicted octanol–water partition coefficient (Wildman–Crippen LogP) is -1.12. The molecular formula is C23H34BN5O7S. The lowest BCUT2D eigenvalue weighted by molar-refractivity contribution is -0.137. The van der Waals surface area contributed by atoms with Gasteiger partial charge < -0.3 is 26.1 Å². The molecule has 202 valence electrons. The number of unbranched alkanes of at least 4 members (excludes halogenated alkanes) is 2. The van der Waals surface area contributed by atoms with Crippen LogP contribution >= 0.6 is 11.8 Å². The van der Waals surface area contributed by atoms with Crippen LogP contribution in [0.25, 0.3) is 0 Å². The second kappa shape index (κ2) is 16.6. The maximum absolute atomic E-state index is 12.4. The third kappa shape index (κ3) is 12.6. The van der Waals surface area contributed by atoms with Crippen molar-refractivity contribution in [3.63, 3.8) is 0 Å². The fourth-order valence-corrected chi connectivity index (χ4v) is 3.88. The highest BCUT2D eigenvalue weighted by molar-refractivity contribution is 7.99. The summed E-state index contributed by atoms with van der Waals surface area (Å²) in [4.78, 5) is 83.6. The number of amides is 6. The standard InChI is InChI=1S/C23H34BN5O7S/c1-14(21(34)25-13-37-12-6-4-5-7-17(24)30)27-23(36)16(3)28-22(35)15(2)26-18(31)10-11-29-19(32)8-9-20(29)33/h8-9,14-16H,4-7,10-13H2,1-3H3,(H,25,34)(H,26,31)(H,27,36)(H,28,35)/t14-,15-,16+/m0/s1. The van der Waals surface area contributed by atoms with Crippen LogP contribution in [0.2, 0.25) is 0 Å². The topological polar surface area (TPSA) is 171 Å². The minimum Gasteiger partial charge on any atom is -0.345 e. The summed E-state index contributed by atoms with van der Waals surface area (Å²) in [7, 11) is 5.08. The van der Waals surface area contributed by atoms with Gasteiger partial charge in [0.15, 0.2) is 7.85 Å². The van der Waals surface area contributed by atoms with Gasteiger partial charge >= 0.3 is 0 Å². The van der Waals surface area contributed by atoms with E-state index in [4.69, 9.17) is 7.85 Å². The molecule has 0 spiro atoms. The van der Waals surface area contributed by atoms with E-state index < -0.39 is 47.7 Å². The third-order valence-electron chi connectivity index (χ3n) is 5.30. The maximum Gasteiger partial charge on any atom is 0.253 e. The van der Waals surface area contributed by atoms with E-state index in [-0.39, 0.29) is 24.6 Å². The highest BCUT2D eigenvalue weighted by Crippen LogP contribution is 2.07. The van der Waals surface area contributed by atoms with Crippen molar-refractivity contribution >= 4 is 60.7 Å². The van der Waals surface area contributed by atoms with Crippen molar-refractivity contribution < 1.29 is 33.6 Å². The maximum atomic E-state index is 12.4. The molecular weight excluding hydrogens is 501 g/mol. The highest BCUT2D eigenvalue weighted by atomic mass is 32.2.